The SMILES string of the molecule is Nc1ccc(Cl)cc1C(=O)c1c(Cl)cccc1Cl. The summed E-state index contributed by atoms with van der Waals surface area (Å²) in [7, 11) is 0. The maximum atomic E-state index is 12.4. The van der Waals surface area contributed by atoms with Crippen LogP contribution in [0.4, 0.5) is 5.69 Å². The largest absolute Gasteiger partial charge is 0.398 e. The first kappa shape index (κ1) is 13.2. The van der Waals surface area contributed by atoms with Crippen LogP contribution in [-0.4, -0.2) is 5.78 Å². The highest BCUT2D eigenvalue weighted by Gasteiger charge is 2.18. The van der Waals surface area contributed by atoms with E-state index in [-0.39, 0.29) is 27.0 Å². The summed E-state index contributed by atoms with van der Waals surface area (Å²) in [6.45, 7) is 0. The lowest BCUT2D eigenvalue weighted by atomic mass is 10.0. The Balaban J connectivity index is 2.58. The van der Waals surface area contributed by atoms with Crippen LogP contribution in [0.5, 0.6) is 0 Å². The van der Waals surface area contributed by atoms with Crippen molar-refractivity contribution >= 4 is 46.3 Å². The monoisotopic (exact) mass is 299 g/mol. The number of hydrogen-bond acceptors (Lipinski definition) is 2. The zero-order chi connectivity index (χ0) is 13.3. The van der Waals surface area contributed by atoms with Crippen LogP contribution in [-0.2, 0) is 0 Å². The average molecular weight is 301 g/mol. The van der Waals surface area contributed by atoms with Gasteiger partial charge in [-0.15, -0.1) is 0 Å². The van der Waals surface area contributed by atoms with E-state index < -0.39 is 0 Å². The predicted octanol–water partition coefficient (Wildman–Crippen LogP) is 4.46. The van der Waals surface area contributed by atoms with Gasteiger partial charge < -0.3 is 5.73 Å². The molecule has 5 heteroatoms. The maximum absolute atomic E-state index is 12.4. The third-order valence-corrected chi connectivity index (χ3v) is 3.31. The zero-order valence-corrected chi connectivity index (χ0v) is 11.4. The summed E-state index contributed by atoms with van der Waals surface area (Å²) in [5.74, 6) is -0.342. The molecule has 2 nitrogen and oxygen atoms in total. The summed E-state index contributed by atoms with van der Waals surface area (Å²) in [5, 5.41) is 0.995. The van der Waals surface area contributed by atoms with Gasteiger partial charge in [0.2, 0.25) is 0 Å². The molecule has 18 heavy (non-hydrogen) atoms. The first-order valence-electron chi connectivity index (χ1n) is 5.04. The number of anilines is 1. The lowest BCUT2D eigenvalue weighted by Gasteiger charge is -2.08. The molecule has 0 saturated heterocycles. The van der Waals surface area contributed by atoms with E-state index in [1.165, 1.54) is 6.07 Å². The molecule has 0 atom stereocenters. The number of carbonyl (C=O) groups excluding carboxylic acids is 1. The Morgan fingerprint density at radius 1 is 1.00 bits per heavy atom. The summed E-state index contributed by atoms with van der Waals surface area (Å²) in [5.41, 5.74) is 6.62. The Bertz CT molecular complexity index is 605. The summed E-state index contributed by atoms with van der Waals surface area (Å²) in [4.78, 5) is 12.4. The number of benzene rings is 2. The Morgan fingerprint density at radius 3 is 2.22 bits per heavy atom. The molecule has 2 rings (SSSR count). The number of carbonyl (C=O) groups is 1. The number of hydrogen-bond donors (Lipinski definition) is 1. The quantitative estimate of drug-likeness (QED) is 0.657. The lowest BCUT2D eigenvalue weighted by molar-refractivity contribution is 0.104. The smallest absolute Gasteiger partial charge is 0.198 e. The standard InChI is InChI=1S/C13H8Cl3NO/c14-7-4-5-11(17)8(6-7)13(18)12-9(15)2-1-3-10(12)16/h1-6H,17H2. The fourth-order valence-corrected chi connectivity index (χ4v) is 2.32. The van der Waals surface area contributed by atoms with Gasteiger partial charge in [0.1, 0.15) is 0 Å². The summed E-state index contributed by atoms with van der Waals surface area (Å²) >= 11 is 17.8. The van der Waals surface area contributed by atoms with Gasteiger partial charge in [-0.2, -0.15) is 0 Å². The average Bonchev–Trinajstić information content (AvgIpc) is 2.32. The third kappa shape index (κ3) is 2.46. The van der Waals surface area contributed by atoms with Crippen LogP contribution in [0.2, 0.25) is 15.1 Å². The minimum atomic E-state index is -0.342. The lowest BCUT2D eigenvalue weighted by Crippen LogP contribution is -2.06. The molecule has 0 saturated carbocycles. The predicted molar refractivity (Wildman–Crippen MR) is 75.8 cm³/mol. The summed E-state index contributed by atoms with van der Waals surface area (Å²) < 4.78 is 0. The van der Waals surface area contributed by atoms with Gasteiger partial charge >= 0.3 is 0 Å². The van der Waals surface area contributed by atoms with E-state index in [1.54, 1.807) is 30.3 Å². The van der Waals surface area contributed by atoms with Crippen LogP contribution in [0.1, 0.15) is 15.9 Å². The van der Waals surface area contributed by atoms with Crippen molar-refractivity contribution in [3.05, 3.63) is 62.6 Å². The maximum Gasteiger partial charge on any atom is 0.198 e. The fraction of sp³-hybridized carbons (Fsp3) is 0. The molecule has 0 unspecified atom stereocenters. The van der Waals surface area contributed by atoms with Crippen molar-refractivity contribution < 1.29 is 4.79 Å². The van der Waals surface area contributed by atoms with Gasteiger partial charge in [-0.25, -0.2) is 0 Å². The van der Waals surface area contributed by atoms with Crippen LogP contribution >= 0.6 is 34.8 Å². The van der Waals surface area contributed by atoms with Crippen molar-refractivity contribution in [1.82, 2.24) is 0 Å². The molecule has 92 valence electrons. The molecule has 0 fully saturated rings. The summed E-state index contributed by atoms with van der Waals surface area (Å²) in [6, 6.07) is 9.55. The van der Waals surface area contributed by atoms with Crippen molar-refractivity contribution in [1.29, 1.82) is 0 Å². The summed E-state index contributed by atoms with van der Waals surface area (Å²) in [6.07, 6.45) is 0. The molecule has 0 heterocycles. The van der Waals surface area contributed by atoms with E-state index >= 15 is 0 Å². The Hall–Kier alpha value is -1.22. The highest BCUT2D eigenvalue weighted by atomic mass is 35.5. The second-order valence-electron chi connectivity index (χ2n) is 3.66. The molecular formula is C13H8Cl3NO. The van der Waals surface area contributed by atoms with E-state index in [2.05, 4.69) is 0 Å². The van der Waals surface area contributed by atoms with Gasteiger partial charge in [0.05, 0.1) is 15.6 Å². The van der Waals surface area contributed by atoms with Gasteiger partial charge in [0, 0.05) is 16.3 Å². The van der Waals surface area contributed by atoms with Gasteiger partial charge in [-0.05, 0) is 30.3 Å². The normalized spacial score (nSPS) is 10.4. The minimum Gasteiger partial charge on any atom is -0.398 e. The first-order valence-corrected chi connectivity index (χ1v) is 6.18. The highest BCUT2D eigenvalue weighted by Crippen LogP contribution is 2.29. The van der Waals surface area contributed by atoms with Gasteiger partial charge in [-0.3, -0.25) is 4.79 Å². The van der Waals surface area contributed by atoms with Crippen LogP contribution in [0.25, 0.3) is 0 Å². The number of rotatable bonds is 2. The Labute approximate surface area is 119 Å². The van der Waals surface area contributed by atoms with Crippen LogP contribution < -0.4 is 5.73 Å². The van der Waals surface area contributed by atoms with Crippen LogP contribution in [0, 0.1) is 0 Å². The molecule has 0 amide bonds. The molecule has 2 aromatic carbocycles. The fourth-order valence-electron chi connectivity index (χ4n) is 1.57. The second-order valence-corrected chi connectivity index (χ2v) is 4.91. The molecule has 0 bridgehead atoms. The molecule has 0 aliphatic heterocycles. The zero-order valence-electron chi connectivity index (χ0n) is 9.08. The number of halogens is 3. The van der Waals surface area contributed by atoms with E-state index in [1.807, 2.05) is 0 Å². The molecule has 0 aromatic heterocycles. The van der Waals surface area contributed by atoms with E-state index in [0.29, 0.717) is 10.7 Å². The van der Waals surface area contributed by atoms with Crippen molar-refractivity contribution in [2.75, 3.05) is 5.73 Å². The second kappa shape index (κ2) is 5.19. The van der Waals surface area contributed by atoms with E-state index in [9.17, 15) is 4.79 Å². The minimum absolute atomic E-state index is 0.231. The highest BCUT2D eigenvalue weighted by molar-refractivity contribution is 6.41. The Kier molecular flexibility index (Phi) is 3.81. The van der Waals surface area contributed by atoms with E-state index in [4.69, 9.17) is 40.5 Å². The third-order valence-electron chi connectivity index (χ3n) is 2.45. The number of nitrogens with two attached hydrogens (primary N) is 1. The number of nitrogen functional groups attached to an aromatic ring is 1. The molecule has 0 aliphatic carbocycles. The molecule has 0 radical (unpaired) electrons. The van der Waals surface area contributed by atoms with Crippen LogP contribution in [0.3, 0.4) is 0 Å². The molecule has 2 N–H and O–H groups in total. The molecule has 0 spiro atoms. The molecular weight excluding hydrogens is 293 g/mol. The first-order chi connectivity index (χ1) is 8.50. The van der Waals surface area contributed by atoms with Gasteiger partial charge in [-0.1, -0.05) is 40.9 Å². The van der Waals surface area contributed by atoms with E-state index in [0.717, 1.165) is 0 Å². The van der Waals surface area contributed by atoms with Crippen LogP contribution in [0.15, 0.2) is 36.4 Å². The molecule has 0 aliphatic rings. The van der Waals surface area contributed by atoms with Crippen molar-refractivity contribution in [2.45, 2.75) is 0 Å². The Morgan fingerprint density at radius 2 is 1.61 bits per heavy atom. The van der Waals surface area contributed by atoms with Gasteiger partial charge in [0.25, 0.3) is 0 Å². The van der Waals surface area contributed by atoms with Crippen molar-refractivity contribution in [3.63, 3.8) is 0 Å². The van der Waals surface area contributed by atoms with Crippen molar-refractivity contribution in [3.8, 4) is 0 Å². The topological polar surface area (TPSA) is 43.1 Å². The van der Waals surface area contributed by atoms with Gasteiger partial charge in [0.15, 0.2) is 5.78 Å². The van der Waals surface area contributed by atoms with Crippen molar-refractivity contribution in [2.24, 2.45) is 0 Å². The number of ketones is 1. The molecule has 2 aromatic rings.